The van der Waals surface area contributed by atoms with E-state index in [0.717, 1.165) is 9.75 Å². The van der Waals surface area contributed by atoms with E-state index in [1.165, 1.54) is 11.3 Å². The topological polar surface area (TPSA) is 69.7 Å². The van der Waals surface area contributed by atoms with Crippen molar-refractivity contribution >= 4 is 28.9 Å². The summed E-state index contributed by atoms with van der Waals surface area (Å²) in [5, 5.41) is 2.78. The number of thiophene rings is 1. The van der Waals surface area contributed by atoms with Crippen LogP contribution in [0.25, 0.3) is 0 Å². The van der Waals surface area contributed by atoms with Crippen molar-refractivity contribution in [3.8, 4) is 0 Å². The van der Waals surface area contributed by atoms with Crippen molar-refractivity contribution in [1.29, 1.82) is 0 Å². The number of nitrogens with one attached hydrogen (secondary N) is 1. The normalized spacial score (nSPS) is 15.3. The lowest BCUT2D eigenvalue weighted by atomic mass is 10.1. The van der Waals surface area contributed by atoms with Crippen LogP contribution in [0, 0.1) is 6.92 Å². The smallest absolute Gasteiger partial charge is 0.234 e. The lowest BCUT2D eigenvalue weighted by molar-refractivity contribution is -0.133. The first kappa shape index (κ1) is 18.6. The summed E-state index contributed by atoms with van der Waals surface area (Å²) in [7, 11) is 0. The number of rotatable bonds is 7. The molecule has 24 heavy (non-hydrogen) atoms. The van der Waals surface area contributed by atoms with Gasteiger partial charge in [-0.25, -0.2) is 0 Å². The van der Waals surface area contributed by atoms with Crippen LogP contribution in [0.15, 0.2) is 12.1 Å². The van der Waals surface area contributed by atoms with Gasteiger partial charge in [-0.15, -0.1) is 11.3 Å². The van der Waals surface area contributed by atoms with E-state index >= 15 is 0 Å². The Kier molecular flexibility index (Phi) is 6.93. The fourth-order valence-electron chi connectivity index (χ4n) is 2.70. The quantitative estimate of drug-likeness (QED) is 0.752. The Hall–Kier alpha value is -1.73. The summed E-state index contributed by atoms with van der Waals surface area (Å²) in [5.74, 6) is 0.0831. The molecule has 0 bridgehead atoms. The van der Waals surface area contributed by atoms with Crippen LogP contribution >= 0.6 is 11.3 Å². The van der Waals surface area contributed by atoms with E-state index < -0.39 is 0 Å². The Morgan fingerprint density at radius 2 is 1.83 bits per heavy atom. The van der Waals surface area contributed by atoms with Crippen LogP contribution in [0.3, 0.4) is 0 Å². The highest BCUT2D eigenvalue weighted by Gasteiger charge is 2.22. The van der Waals surface area contributed by atoms with Crippen LogP contribution in [0.4, 0.5) is 0 Å². The molecule has 0 radical (unpaired) electrons. The number of ketones is 1. The minimum atomic E-state index is 0.0223. The predicted octanol–water partition coefficient (Wildman–Crippen LogP) is 1.30. The van der Waals surface area contributed by atoms with Gasteiger partial charge in [-0.1, -0.05) is 0 Å². The van der Waals surface area contributed by atoms with Crippen molar-refractivity contribution in [3.63, 3.8) is 0 Å². The van der Waals surface area contributed by atoms with Crippen molar-refractivity contribution < 1.29 is 14.4 Å². The highest BCUT2D eigenvalue weighted by Crippen LogP contribution is 2.18. The van der Waals surface area contributed by atoms with Crippen molar-refractivity contribution in [3.05, 3.63) is 21.9 Å². The molecule has 0 aliphatic carbocycles. The molecule has 0 unspecified atom stereocenters. The van der Waals surface area contributed by atoms with Crippen LogP contribution < -0.4 is 5.32 Å². The van der Waals surface area contributed by atoms with Gasteiger partial charge in [0.1, 0.15) is 0 Å². The second kappa shape index (κ2) is 8.94. The maximum Gasteiger partial charge on any atom is 0.234 e. The maximum atomic E-state index is 12.2. The summed E-state index contributed by atoms with van der Waals surface area (Å²) in [6, 6.07) is 3.75. The van der Waals surface area contributed by atoms with Crippen LogP contribution in [0.1, 0.15) is 34.3 Å². The van der Waals surface area contributed by atoms with Gasteiger partial charge in [0, 0.05) is 50.4 Å². The lowest BCUT2D eigenvalue weighted by Crippen LogP contribution is -2.51. The molecule has 6 nitrogen and oxygen atoms in total. The first-order valence-corrected chi connectivity index (χ1v) is 9.17. The van der Waals surface area contributed by atoms with E-state index in [9.17, 15) is 14.4 Å². The summed E-state index contributed by atoms with van der Waals surface area (Å²) in [6.45, 7) is 7.50. The van der Waals surface area contributed by atoms with E-state index in [4.69, 9.17) is 0 Å². The number of Topliss-reactive ketones (excluding diaryl/α,β-unsaturated/α-hetero) is 1. The number of amides is 2. The molecular formula is C17H25N3O3S. The molecule has 0 saturated carbocycles. The number of nitrogens with zero attached hydrogens (tertiary/aromatic N) is 2. The molecule has 0 atom stereocenters. The summed E-state index contributed by atoms with van der Waals surface area (Å²) >= 11 is 1.47. The molecule has 1 aromatic rings. The van der Waals surface area contributed by atoms with Gasteiger partial charge in [0.25, 0.3) is 0 Å². The molecule has 1 fully saturated rings. The van der Waals surface area contributed by atoms with E-state index in [-0.39, 0.29) is 30.4 Å². The third-order valence-corrected chi connectivity index (χ3v) is 5.09. The lowest BCUT2D eigenvalue weighted by Gasteiger charge is -2.34. The van der Waals surface area contributed by atoms with Crippen LogP contribution in [0.5, 0.6) is 0 Å². The van der Waals surface area contributed by atoms with Crippen molar-refractivity contribution in [2.24, 2.45) is 0 Å². The third kappa shape index (κ3) is 5.42. The summed E-state index contributed by atoms with van der Waals surface area (Å²) in [6.07, 6.45) is 0.518. The number of piperazine rings is 1. The molecule has 0 aromatic carbocycles. The Bertz CT molecular complexity index is 592. The van der Waals surface area contributed by atoms with Crippen molar-refractivity contribution in [2.45, 2.75) is 26.7 Å². The van der Waals surface area contributed by atoms with Gasteiger partial charge in [-0.05, 0) is 26.0 Å². The fraction of sp³-hybridized carbons (Fsp3) is 0.588. The van der Waals surface area contributed by atoms with Crippen molar-refractivity contribution in [1.82, 2.24) is 15.1 Å². The van der Waals surface area contributed by atoms with Gasteiger partial charge in [-0.3, -0.25) is 19.3 Å². The predicted molar refractivity (Wildman–Crippen MR) is 94.3 cm³/mol. The average Bonchev–Trinajstić information content (AvgIpc) is 3.00. The zero-order chi connectivity index (χ0) is 17.5. The molecule has 1 aliphatic rings. The molecule has 1 aromatic heterocycles. The molecule has 2 heterocycles. The largest absolute Gasteiger partial charge is 0.355 e. The van der Waals surface area contributed by atoms with Gasteiger partial charge >= 0.3 is 0 Å². The van der Waals surface area contributed by atoms with Gasteiger partial charge in [0.2, 0.25) is 11.8 Å². The Balaban J connectivity index is 1.71. The number of carbonyl (C=O) groups excluding carboxylic acids is 3. The Morgan fingerprint density at radius 1 is 1.12 bits per heavy atom. The second-order valence-electron chi connectivity index (χ2n) is 5.94. The van der Waals surface area contributed by atoms with Crippen LogP contribution in [0.2, 0.25) is 0 Å². The fourth-order valence-corrected chi connectivity index (χ4v) is 3.53. The number of likely N-dealkylation sites (N-methyl/N-ethyl adjacent to an activating group) is 1. The number of hydrogen-bond acceptors (Lipinski definition) is 5. The van der Waals surface area contributed by atoms with Gasteiger partial charge in [0.15, 0.2) is 5.78 Å². The van der Waals surface area contributed by atoms with Gasteiger partial charge in [-0.2, -0.15) is 0 Å². The van der Waals surface area contributed by atoms with Crippen LogP contribution in [-0.2, 0) is 9.59 Å². The molecule has 1 aliphatic heterocycles. The molecule has 0 spiro atoms. The molecule has 1 saturated heterocycles. The number of hydrogen-bond donors (Lipinski definition) is 1. The van der Waals surface area contributed by atoms with Crippen LogP contribution in [-0.4, -0.2) is 66.7 Å². The first-order valence-electron chi connectivity index (χ1n) is 8.36. The Morgan fingerprint density at radius 3 is 2.42 bits per heavy atom. The minimum absolute atomic E-state index is 0.0223. The van der Waals surface area contributed by atoms with E-state index in [2.05, 4.69) is 5.32 Å². The average molecular weight is 351 g/mol. The van der Waals surface area contributed by atoms with Crippen molar-refractivity contribution in [2.75, 3.05) is 39.3 Å². The zero-order valence-corrected chi connectivity index (χ0v) is 15.2. The third-order valence-electron chi connectivity index (χ3n) is 4.05. The highest BCUT2D eigenvalue weighted by molar-refractivity contribution is 7.14. The maximum absolute atomic E-state index is 12.2. The Labute approximate surface area is 146 Å². The number of aryl methyl sites for hydroxylation is 1. The van der Waals surface area contributed by atoms with E-state index in [1.807, 2.05) is 30.9 Å². The summed E-state index contributed by atoms with van der Waals surface area (Å²) in [4.78, 5) is 41.6. The zero-order valence-electron chi connectivity index (χ0n) is 14.3. The monoisotopic (exact) mass is 351 g/mol. The van der Waals surface area contributed by atoms with Gasteiger partial charge < -0.3 is 10.2 Å². The van der Waals surface area contributed by atoms with E-state index in [1.54, 1.807) is 4.90 Å². The molecular weight excluding hydrogens is 326 g/mol. The molecule has 1 N–H and O–H groups in total. The van der Waals surface area contributed by atoms with E-state index in [0.29, 0.717) is 39.3 Å². The first-order chi connectivity index (χ1) is 11.5. The standard InChI is InChI=1S/C17H25N3O3S/c1-3-18-16(22)12-19-8-10-20(11-9-19)17(23)7-5-14(21)15-6-4-13(2)24-15/h4,6H,3,5,7-12H2,1-2H3,(H,18,22). The highest BCUT2D eigenvalue weighted by atomic mass is 32.1. The molecule has 2 rings (SSSR count). The minimum Gasteiger partial charge on any atom is -0.355 e. The number of carbonyl (C=O) groups is 3. The summed E-state index contributed by atoms with van der Waals surface area (Å²) in [5.41, 5.74) is 0. The molecule has 132 valence electrons. The van der Waals surface area contributed by atoms with Gasteiger partial charge in [0.05, 0.1) is 11.4 Å². The summed E-state index contributed by atoms with van der Waals surface area (Å²) < 4.78 is 0. The molecule has 7 heteroatoms. The SMILES string of the molecule is CCNC(=O)CN1CCN(C(=O)CCC(=O)c2ccc(C)s2)CC1. The second-order valence-corrected chi connectivity index (χ2v) is 7.23. The molecule has 2 amide bonds.